The molecule has 0 amide bonds. The zero-order valence-electron chi connectivity index (χ0n) is 33.6. The van der Waals surface area contributed by atoms with Gasteiger partial charge in [-0.25, -0.2) is 14.4 Å². The van der Waals surface area contributed by atoms with Gasteiger partial charge in [0.25, 0.3) is 16.7 Å². The number of H-pyrrole nitrogens is 3. The van der Waals surface area contributed by atoms with Crippen molar-refractivity contribution >= 4 is 23.6 Å². The van der Waals surface area contributed by atoms with Crippen LogP contribution < -0.4 is 33.7 Å². The fourth-order valence-electron chi connectivity index (χ4n) is 8.23. The van der Waals surface area contributed by atoms with Gasteiger partial charge in [0.1, 0.15) is 30.5 Å². The zero-order valence-corrected chi connectivity index (χ0v) is 33.6. The van der Waals surface area contributed by atoms with Gasteiger partial charge in [-0.1, -0.05) is 5.16 Å². The van der Waals surface area contributed by atoms with Crippen LogP contribution in [0.1, 0.15) is 52.3 Å². The summed E-state index contributed by atoms with van der Waals surface area (Å²) in [4.78, 5) is 125. The van der Waals surface area contributed by atoms with Crippen LogP contribution in [0, 0.1) is 0 Å². The van der Waals surface area contributed by atoms with Gasteiger partial charge in [0.15, 0.2) is 43.1 Å². The van der Waals surface area contributed by atoms with Gasteiger partial charge in [-0.05, 0) is 0 Å². The third-order valence-electron chi connectivity index (χ3n) is 10.8. The minimum atomic E-state index is -1.45. The van der Waals surface area contributed by atoms with Crippen molar-refractivity contribution < 1.29 is 61.9 Å². The van der Waals surface area contributed by atoms with E-state index in [1.807, 2.05) is 0 Å². The molecule has 4 fully saturated rings. The highest BCUT2D eigenvalue weighted by Crippen LogP contribution is 2.40. The lowest BCUT2D eigenvalue weighted by Crippen LogP contribution is -2.46. The van der Waals surface area contributed by atoms with Crippen LogP contribution in [0.15, 0.2) is 70.7 Å². The molecule has 3 aromatic heterocycles. The Morgan fingerprint density at radius 3 is 1.30 bits per heavy atom. The molecule has 5 aliphatic heterocycles. The van der Waals surface area contributed by atoms with E-state index < -0.39 is 145 Å². The van der Waals surface area contributed by atoms with Gasteiger partial charge in [-0.15, -0.1) is 0 Å². The Morgan fingerprint density at radius 1 is 0.556 bits per heavy atom. The number of esters is 3. The zero-order chi connectivity index (χ0) is 44.7. The van der Waals surface area contributed by atoms with Gasteiger partial charge in [0.2, 0.25) is 0 Å². The van der Waals surface area contributed by atoms with Crippen molar-refractivity contribution in [3.8, 4) is 0 Å². The van der Waals surface area contributed by atoms with E-state index >= 15 is 0 Å². The summed E-state index contributed by atoms with van der Waals surface area (Å²) < 4.78 is 58.5. The Hall–Kier alpha value is -6.32. The monoisotopic (exact) mass is 887 g/mol. The van der Waals surface area contributed by atoms with Crippen molar-refractivity contribution in [2.45, 2.75) is 113 Å². The predicted octanol–water partition coefficient (Wildman–Crippen LogP) is -3.17. The van der Waals surface area contributed by atoms with E-state index in [0.717, 1.165) is 65.1 Å². The van der Waals surface area contributed by atoms with Crippen LogP contribution in [0.3, 0.4) is 0 Å². The number of oxime groups is 1. The summed E-state index contributed by atoms with van der Waals surface area (Å²) in [5.74, 6) is -2.36. The second-order valence-electron chi connectivity index (χ2n) is 15.2. The number of hydrogen-bond acceptors (Lipinski definition) is 20. The molecular formula is C37H41N7O19. The van der Waals surface area contributed by atoms with Crippen molar-refractivity contribution in [2.24, 2.45) is 5.16 Å². The molecule has 4 saturated heterocycles. The van der Waals surface area contributed by atoms with Crippen molar-refractivity contribution in [1.29, 1.82) is 0 Å². The van der Waals surface area contributed by atoms with E-state index in [4.69, 9.17) is 47.5 Å². The number of hydrogen-bond donors (Lipinski definition) is 3. The lowest BCUT2D eigenvalue weighted by Gasteiger charge is -2.29. The van der Waals surface area contributed by atoms with Gasteiger partial charge < -0.3 is 47.5 Å². The molecule has 63 heavy (non-hydrogen) atoms. The first-order valence-electron chi connectivity index (χ1n) is 19.6. The molecule has 0 saturated carbocycles. The third-order valence-corrected chi connectivity index (χ3v) is 10.8. The molecule has 0 spiro atoms. The first-order valence-corrected chi connectivity index (χ1v) is 19.6. The Balaban J connectivity index is 1.19. The van der Waals surface area contributed by atoms with Crippen LogP contribution in [-0.2, 0) is 61.9 Å². The molecule has 0 radical (unpaired) electrons. The molecule has 0 aliphatic carbocycles. The first-order chi connectivity index (χ1) is 30.1. The molecule has 26 heteroatoms. The highest BCUT2D eigenvalue weighted by atomic mass is 16.7. The fourth-order valence-corrected chi connectivity index (χ4v) is 8.23. The average molecular weight is 888 g/mol. The molecule has 26 nitrogen and oxygen atoms in total. The van der Waals surface area contributed by atoms with Crippen LogP contribution >= 0.6 is 0 Å². The topological polar surface area (TPSA) is 320 Å². The Morgan fingerprint density at radius 2 is 0.921 bits per heavy atom. The molecule has 0 unspecified atom stereocenters. The third kappa shape index (κ3) is 9.11. The number of rotatable bonds is 6. The molecule has 0 aromatic carbocycles. The highest BCUT2D eigenvalue weighted by Gasteiger charge is 2.55. The van der Waals surface area contributed by atoms with E-state index in [0.29, 0.717) is 5.71 Å². The van der Waals surface area contributed by atoms with Crippen LogP contribution in [0.25, 0.3) is 0 Å². The van der Waals surface area contributed by atoms with E-state index in [-0.39, 0.29) is 19.4 Å². The number of nitrogens with zero attached hydrogens (tertiary/aromatic N) is 4. The van der Waals surface area contributed by atoms with Crippen LogP contribution in [0.5, 0.6) is 0 Å². The highest BCUT2D eigenvalue weighted by molar-refractivity contribution is 5.86. The summed E-state index contributed by atoms with van der Waals surface area (Å²) in [5, 5.41) is 4.23. The number of carbonyl (C=O) groups excluding carboxylic acids is 3. The van der Waals surface area contributed by atoms with Gasteiger partial charge in [0, 0.05) is 70.4 Å². The fraction of sp³-hybridized carbons (Fsp3) is 0.568. The molecule has 8 rings (SSSR count). The lowest BCUT2D eigenvalue weighted by molar-refractivity contribution is -0.163. The van der Waals surface area contributed by atoms with Gasteiger partial charge in [-0.2, -0.15) is 0 Å². The van der Waals surface area contributed by atoms with Gasteiger partial charge in [-0.3, -0.25) is 57.4 Å². The van der Waals surface area contributed by atoms with E-state index in [2.05, 4.69) is 20.1 Å². The smallest absolute Gasteiger partial charge is 0.330 e. The SMILES string of the molecule is CC(=O)O[C@@H]1[C@H]2OC[C@H]3CC(=NO3)C[C@H]3O[C@@H](n4ccc(=O)[nH]c4=O)[C@H](OC(C)=O)[C@H]3OC[C@H]3O[C@@H](n4ccc(=O)[nH]c4=O)[C@H](OC(C)=O)[C@H]3OC[C@H]2O[C@H]1n1ccc(=O)[nH]c1=O. The molecular weight excluding hydrogens is 846 g/mol. The maximum absolute atomic E-state index is 13.2. The van der Waals surface area contributed by atoms with Gasteiger partial charge in [0.05, 0.1) is 31.6 Å². The minimum absolute atomic E-state index is 0.0209. The van der Waals surface area contributed by atoms with Crippen molar-refractivity contribution in [1.82, 2.24) is 28.7 Å². The first kappa shape index (κ1) is 43.3. The normalized spacial score (nSPS) is 32.9. The van der Waals surface area contributed by atoms with Crippen molar-refractivity contribution in [2.75, 3.05) is 19.8 Å². The van der Waals surface area contributed by atoms with Crippen LogP contribution in [-0.4, -0.2) is 133 Å². The molecule has 8 heterocycles. The summed E-state index contributed by atoms with van der Waals surface area (Å²) >= 11 is 0. The quantitative estimate of drug-likeness (QED) is 0.162. The Labute approximate surface area is 351 Å². The summed E-state index contributed by atoms with van der Waals surface area (Å²) in [6.07, 6.45) is -12.6. The largest absolute Gasteiger partial charge is 0.455 e. The van der Waals surface area contributed by atoms with Crippen molar-refractivity contribution in [3.05, 3.63) is 99.3 Å². The molecule has 13 atom stereocenters. The number of fused-ring (bicyclic) bond motifs is 5. The lowest BCUT2D eigenvalue weighted by atomic mass is 10.0. The maximum Gasteiger partial charge on any atom is 0.330 e. The second-order valence-corrected chi connectivity index (χ2v) is 15.2. The molecule has 3 aromatic rings. The molecule has 5 aliphatic rings. The minimum Gasteiger partial charge on any atom is -0.455 e. The predicted molar refractivity (Wildman–Crippen MR) is 203 cm³/mol. The second kappa shape index (κ2) is 17.8. The van der Waals surface area contributed by atoms with Crippen molar-refractivity contribution in [3.63, 3.8) is 0 Å². The Kier molecular flexibility index (Phi) is 12.3. The number of ether oxygens (including phenoxy) is 9. The number of aromatic amines is 3. The van der Waals surface area contributed by atoms with E-state index in [9.17, 15) is 43.2 Å². The van der Waals surface area contributed by atoms with E-state index in [1.54, 1.807) is 0 Å². The number of aromatic nitrogens is 6. The summed E-state index contributed by atoms with van der Waals surface area (Å²) in [6.45, 7) is 2.27. The molecule has 3 N–H and O–H groups in total. The Bertz CT molecular complexity index is 2630. The summed E-state index contributed by atoms with van der Waals surface area (Å²) in [6, 6.07) is 3.19. The number of carbonyl (C=O) groups is 3. The van der Waals surface area contributed by atoms with E-state index in [1.165, 1.54) is 6.20 Å². The van der Waals surface area contributed by atoms with Gasteiger partial charge >= 0.3 is 35.0 Å². The summed E-state index contributed by atoms with van der Waals surface area (Å²) in [7, 11) is 0. The molecule has 2 bridgehead atoms. The summed E-state index contributed by atoms with van der Waals surface area (Å²) in [5.41, 5.74) is -4.38. The standard InChI is InChI=1S/C37H41N7O19/c1-15(45)57-29-26-20(60-32(29)42-7-4-23(48)38-35(42)51)11-18-10-19(63-41-18)12-54-27-21(61-33(30(27)58-16(2)46)43-8-5-24(49)39-36(43)52)14-56-28-22(13-55-26)62-34(31(28)59-17(3)47)44-9-6-25(50)40-37(44)53/h4-9,19-22,26-34H,10-14H2,1-3H3,(H,38,48,51)(H,39,49,52)(H,40,50,53)/t19-,20-,21-,22-,26+,27+,28+,29-,30-,31-,32-,33-,34-/m1/s1. The number of nitrogens with one attached hydrogen (secondary N) is 3. The van der Waals surface area contributed by atoms with Crippen LogP contribution in [0.2, 0.25) is 0 Å². The average Bonchev–Trinajstić information content (AvgIpc) is 3.96. The molecule has 338 valence electrons. The van der Waals surface area contributed by atoms with Crippen LogP contribution in [0.4, 0.5) is 0 Å². The maximum atomic E-state index is 13.2.